The number of aliphatic imine (C=N–C) groups is 1. The van der Waals surface area contributed by atoms with Gasteiger partial charge < -0.3 is 19.3 Å². The van der Waals surface area contributed by atoms with Gasteiger partial charge in [0, 0.05) is 25.8 Å². The fourth-order valence-electron chi connectivity index (χ4n) is 3.23. The molecule has 10 heteroatoms. The lowest BCUT2D eigenvalue weighted by molar-refractivity contribution is -0.125. The maximum absolute atomic E-state index is 12.1. The van der Waals surface area contributed by atoms with E-state index in [0.717, 1.165) is 5.69 Å². The van der Waals surface area contributed by atoms with Crippen LogP contribution in [0.15, 0.2) is 23.2 Å². The van der Waals surface area contributed by atoms with Crippen molar-refractivity contribution in [2.24, 2.45) is 4.99 Å². The summed E-state index contributed by atoms with van der Waals surface area (Å²) in [5.41, 5.74) is 0.794. The number of ether oxygens (including phenoxy) is 2. The Labute approximate surface area is 156 Å². The maximum atomic E-state index is 12.1. The molecule has 0 spiro atoms. The number of amidine groups is 1. The molecule has 1 aromatic rings. The Bertz CT molecular complexity index is 884. The van der Waals surface area contributed by atoms with Gasteiger partial charge in [0.25, 0.3) is 0 Å². The highest BCUT2D eigenvalue weighted by Gasteiger charge is 2.47. The van der Waals surface area contributed by atoms with E-state index in [1.54, 1.807) is 14.1 Å². The van der Waals surface area contributed by atoms with E-state index in [1.807, 2.05) is 23.1 Å². The van der Waals surface area contributed by atoms with E-state index in [0.29, 0.717) is 16.7 Å². The lowest BCUT2D eigenvalue weighted by Crippen LogP contribution is -2.39. The highest BCUT2D eigenvalue weighted by atomic mass is 32.2. The molecule has 3 aliphatic rings. The zero-order chi connectivity index (χ0) is 18.5. The summed E-state index contributed by atoms with van der Waals surface area (Å²) >= 11 is 1.33. The Kier molecular flexibility index (Phi) is 4.26. The van der Waals surface area contributed by atoms with Crippen molar-refractivity contribution in [2.45, 2.75) is 12.1 Å². The molecule has 8 nitrogen and oxygen atoms in total. The van der Waals surface area contributed by atoms with E-state index in [2.05, 4.69) is 4.99 Å². The van der Waals surface area contributed by atoms with E-state index < -0.39 is 9.84 Å². The summed E-state index contributed by atoms with van der Waals surface area (Å²) < 4.78 is 34.9. The lowest BCUT2D eigenvalue weighted by Gasteiger charge is -2.26. The summed E-state index contributed by atoms with van der Waals surface area (Å²) in [6.07, 6.45) is 0. The van der Waals surface area contributed by atoms with Gasteiger partial charge in [-0.1, -0.05) is 11.8 Å². The van der Waals surface area contributed by atoms with E-state index in [9.17, 15) is 13.2 Å². The Morgan fingerprint density at radius 3 is 2.85 bits per heavy atom. The largest absolute Gasteiger partial charge is 0.454 e. The van der Waals surface area contributed by atoms with Crippen LogP contribution >= 0.6 is 11.8 Å². The number of nitrogens with zero attached hydrogens (tertiary/aromatic N) is 3. The number of amides is 1. The minimum atomic E-state index is -3.12. The standard InChI is InChI=1S/C16H19N3O5S2/c1-18(2)15(20)6-25-16-17-11-7-26(21,22)8-12(11)19(16)10-3-4-13-14(5-10)24-9-23-13/h3-5,11-12H,6-9H2,1-2H3/t11-,12+/m1/s1. The van der Waals surface area contributed by atoms with Crippen molar-refractivity contribution in [3.63, 3.8) is 0 Å². The van der Waals surface area contributed by atoms with Gasteiger partial charge in [-0.15, -0.1) is 0 Å². The monoisotopic (exact) mass is 397 g/mol. The third-order valence-electron chi connectivity index (χ3n) is 4.57. The molecule has 3 heterocycles. The summed E-state index contributed by atoms with van der Waals surface area (Å²) in [7, 11) is 0.294. The first-order valence-electron chi connectivity index (χ1n) is 8.14. The number of carbonyl (C=O) groups is 1. The predicted octanol–water partition coefficient (Wildman–Crippen LogP) is 0.578. The third kappa shape index (κ3) is 3.11. The number of sulfone groups is 1. The van der Waals surface area contributed by atoms with Gasteiger partial charge in [0.15, 0.2) is 26.5 Å². The van der Waals surface area contributed by atoms with Crippen LogP contribution in [0.5, 0.6) is 11.5 Å². The van der Waals surface area contributed by atoms with Crippen LogP contribution in [0.25, 0.3) is 0 Å². The molecule has 2 atom stereocenters. The molecule has 140 valence electrons. The highest BCUT2D eigenvalue weighted by Crippen LogP contribution is 2.40. The first-order chi connectivity index (χ1) is 12.3. The van der Waals surface area contributed by atoms with Crippen LogP contribution < -0.4 is 14.4 Å². The van der Waals surface area contributed by atoms with Crippen molar-refractivity contribution in [3.05, 3.63) is 18.2 Å². The SMILES string of the molecule is CN(C)C(=O)CSC1=N[C@@H]2CS(=O)(=O)C[C@@H]2N1c1ccc2c(c1)OCO2. The van der Waals surface area contributed by atoms with Crippen LogP contribution in [0.1, 0.15) is 0 Å². The lowest BCUT2D eigenvalue weighted by atomic mass is 10.1. The van der Waals surface area contributed by atoms with Gasteiger partial charge in [-0.25, -0.2) is 8.42 Å². The molecule has 1 amide bonds. The van der Waals surface area contributed by atoms with Crippen molar-refractivity contribution in [1.82, 2.24) is 4.90 Å². The van der Waals surface area contributed by atoms with Crippen LogP contribution in [0.2, 0.25) is 0 Å². The number of hydrogen-bond donors (Lipinski definition) is 0. The Balaban J connectivity index is 1.64. The second kappa shape index (κ2) is 6.34. The molecular formula is C16H19N3O5S2. The first kappa shape index (κ1) is 17.5. The molecule has 1 saturated heterocycles. The molecule has 0 aromatic heterocycles. The molecule has 0 bridgehead atoms. The molecule has 1 fully saturated rings. The molecular weight excluding hydrogens is 378 g/mol. The number of hydrogen-bond acceptors (Lipinski definition) is 8. The minimum Gasteiger partial charge on any atom is -0.454 e. The number of thioether (sulfide) groups is 1. The van der Waals surface area contributed by atoms with Gasteiger partial charge in [-0.2, -0.15) is 0 Å². The fourth-order valence-corrected chi connectivity index (χ4v) is 6.17. The molecule has 0 N–H and O–H groups in total. The van der Waals surface area contributed by atoms with Gasteiger partial charge in [-0.05, 0) is 12.1 Å². The zero-order valence-electron chi connectivity index (χ0n) is 14.4. The fraction of sp³-hybridized carbons (Fsp3) is 0.500. The molecule has 3 aliphatic heterocycles. The quantitative estimate of drug-likeness (QED) is 0.737. The van der Waals surface area contributed by atoms with Crippen LogP contribution in [-0.4, -0.2) is 74.6 Å². The number of fused-ring (bicyclic) bond motifs is 2. The van der Waals surface area contributed by atoms with Crippen LogP contribution in [-0.2, 0) is 14.6 Å². The number of benzene rings is 1. The minimum absolute atomic E-state index is 0.0204. The van der Waals surface area contributed by atoms with Gasteiger partial charge in [0.1, 0.15) is 0 Å². The van der Waals surface area contributed by atoms with Crippen molar-refractivity contribution in [1.29, 1.82) is 0 Å². The molecule has 0 radical (unpaired) electrons. The summed E-state index contributed by atoms with van der Waals surface area (Å²) in [5.74, 6) is 1.62. The predicted molar refractivity (Wildman–Crippen MR) is 99.9 cm³/mol. The average Bonchev–Trinajstić information content (AvgIpc) is 3.23. The van der Waals surface area contributed by atoms with Crippen LogP contribution in [0, 0.1) is 0 Å². The Morgan fingerprint density at radius 1 is 1.31 bits per heavy atom. The van der Waals surface area contributed by atoms with Gasteiger partial charge in [0.05, 0.1) is 29.3 Å². The molecule has 0 aliphatic carbocycles. The van der Waals surface area contributed by atoms with Crippen molar-refractivity contribution in [3.8, 4) is 11.5 Å². The molecule has 0 saturated carbocycles. The maximum Gasteiger partial charge on any atom is 0.232 e. The van der Waals surface area contributed by atoms with Crippen molar-refractivity contribution >= 4 is 38.4 Å². The summed E-state index contributed by atoms with van der Waals surface area (Å²) in [4.78, 5) is 20.0. The highest BCUT2D eigenvalue weighted by molar-refractivity contribution is 8.14. The van der Waals surface area contributed by atoms with Gasteiger partial charge in [-0.3, -0.25) is 9.79 Å². The Hall–Kier alpha value is -1.94. The van der Waals surface area contributed by atoms with E-state index in [4.69, 9.17) is 9.47 Å². The molecule has 26 heavy (non-hydrogen) atoms. The topological polar surface area (TPSA) is 88.5 Å². The van der Waals surface area contributed by atoms with E-state index >= 15 is 0 Å². The summed E-state index contributed by atoms with van der Waals surface area (Å²) in [6, 6.07) is 4.95. The van der Waals surface area contributed by atoms with Gasteiger partial charge >= 0.3 is 0 Å². The Morgan fingerprint density at radius 2 is 2.08 bits per heavy atom. The number of rotatable bonds is 3. The number of anilines is 1. The van der Waals surface area contributed by atoms with Crippen LogP contribution in [0.3, 0.4) is 0 Å². The zero-order valence-corrected chi connectivity index (χ0v) is 16.0. The first-order valence-corrected chi connectivity index (χ1v) is 10.9. The second-order valence-corrected chi connectivity index (χ2v) is 9.70. The van der Waals surface area contributed by atoms with E-state index in [-0.39, 0.29) is 42.0 Å². The summed E-state index contributed by atoms with van der Waals surface area (Å²) in [6.45, 7) is 0.173. The average molecular weight is 397 g/mol. The van der Waals surface area contributed by atoms with Crippen LogP contribution in [0.4, 0.5) is 5.69 Å². The van der Waals surface area contributed by atoms with Gasteiger partial charge in [0.2, 0.25) is 12.7 Å². The molecule has 4 rings (SSSR count). The third-order valence-corrected chi connectivity index (χ3v) is 7.22. The van der Waals surface area contributed by atoms with E-state index in [1.165, 1.54) is 16.7 Å². The second-order valence-electron chi connectivity index (χ2n) is 6.61. The normalized spacial score (nSPS) is 25.2. The summed E-state index contributed by atoms with van der Waals surface area (Å²) in [5, 5.41) is 0.670. The van der Waals surface area contributed by atoms with Crippen molar-refractivity contribution in [2.75, 3.05) is 43.0 Å². The van der Waals surface area contributed by atoms with Crippen molar-refractivity contribution < 1.29 is 22.7 Å². The molecule has 0 unspecified atom stereocenters. The molecule has 1 aromatic carbocycles. The smallest absolute Gasteiger partial charge is 0.232 e. The number of carbonyl (C=O) groups excluding carboxylic acids is 1.